The van der Waals surface area contributed by atoms with Crippen molar-refractivity contribution in [2.75, 3.05) is 32.7 Å². The smallest absolute Gasteiger partial charge is 0.251 e. The summed E-state index contributed by atoms with van der Waals surface area (Å²) in [5, 5.41) is 18.7. The maximum atomic E-state index is 14.5. The molecule has 4 aliphatic rings. The number of hydroxylamine groups is 2. The van der Waals surface area contributed by atoms with Crippen LogP contribution in [0.1, 0.15) is 54.2 Å². The number of Topliss-reactive ketones (excluding diaryl/α,β-unsaturated/α-hetero) is 1. The third-order valence-electron chi connectivity index (χ3n) is 13.8. The van der Waals surface area contributed by atoms with Gasteiger partial charge in [0.15, 0.2) is 0 Å². The van der Waals surface area contributed by atoms with Crippen molar-refractivity contribution in [2.45, 2.75) is 70.3 Å². The number of rotatable bonds is 15. The number of anilines is 1. The summed E-state index contributed by atoms with van der Waals surface area (Å²) in [6, 6.07) is 30.8. The van der Waals surface area contributed by atoms with Crippen molar-refractivity contribution < 1.29 is 29.1 Å². The number of hydrogen-bond acceptors (Lipinski definition) is 8. The van der Waals surface area contributed by atoms with Crippen LogP contribution in [0.15, 0.2) is 109 Å². The number of nitrogens with zero attached hydrogens (tertiary/aromatic N) is 2. The van der Waals surface area contributed by atoms with Gasteiger partial charge in [0.25, 0.3) is 5.91 Å². The van der Waals surface area contributed by atoms with E-state index in [9.17, 15) is 19.5 Å². The second-order valence-electron chi connectivity index (χ2n) is 17.8. The van der Waals surface area contributed by atoms with Gasteiger partial charge in [0.05, 0.1) is 31.7 Å². The zero-order chi connectivity index (χ0) is 41.8. The van der Waals surface area contributed by atoms with Crippen molar-refractivity contribution in [2.24, 2.45) is 29.1 Å². The number of benzene rings is 4. The van der Waals surface area contributed by atoms with Crippen LogP contribution in [0.3, 0.4) is 0 Å². The van der Waals surface area contributed by atoms with E-state index in [2.05, 4.69) is 55.3 Å². The molecule has 0 radical (unpaired) electrons. The van der Waals surface area contributed by atoms with E-state index in [0.717, 1.165) is 39.9 Å². The maximum Gasteiger partial charge on any atom is 0.251 e. The molecule has 0 spiro atoms. The predicted molar refractivity (Wildman–Crippen MR) is 229 cm³/mol. The summed E-state index contributed by atoms with van der Waals surface area (Å²) in [5.74, 6) is -0.201. The molecule has 2 amide bonds. The van der Waals surface area contributed by atoms with Crippen molar-refractivity contribution in [3.8, 4) is 16.9 Å². The van der Waals surface area contributed by atoms with Crippen LogP contribution >= 0.6 is 0 Å². The number of aliphatic hydroxyl groups is 1. The zero-order valence-electron chi connectivity index (χ0n) is 34.9. The molecule has 0 bridgehead atoms. The number of methoxy groups -OCH3 is 1. The highest BCUT2D eigenvalue weighted by atomic mass is 16.7. The molecule has 308 valence electrons. The fourth-order valence-electron chi connectivity index (χ4n) is 11.1. The Morgan fingerprint density at radius 2 is 1.63 bits per heavy atom. The number of hydrogen-bond donors (Lipinski definition) is 3. The Kier molecular flexibility index (Phi) is 10.8. The van der Waals surface area contributed by atoms with Crippen LogP contribution in [-0.2, 0) is 33.8 Å². The first-order chi connectivity index (χ1) is 28.3. The second kappa shape index (κ2) is 15.7. The van der Waals surface area contributed by atoms with Gasteiger partial charge in [-0.1, -0.05) is 105 Å². The number of amides is 2. The molecule has 1 unspecified atom stereocenters. The van der Waals surface area contributed by atoms with Crippen LogP contribution in [0.25, 0.3) is 11.1 Å². The fraction of sp³-hybridized carbons (Fsp3) is 0.408. The lowest BCUT2D eigenvalue weighted by atomic mass is 9.21. The Hall–Kier alpha value is -5.29. The highest BCUT2D eigenvalue weighted by Gasteiger charge is 2.84. The Bertz CT molecular complexity index is 2220. The molecule has 7 atom stereocenters. The number of aliphatic hydroxyl groups excluding tert-OH is 1. The monoisotopic (exact) mass is 796 g/mol. The van der Waals surface area contributed by atoms with Gasteiger partial charge in [-0.25, -0.2) is 0 Å². The van der Waals surface area contributed by atoms with Crippen molar-refractivity contribution in [1.82, 2.24) is 15.7 Å². The number of nitrogens with one attached hydrogen (secondary N) is 2. The van der Waals surface area contributed by atoms with E-state index in [0.29, 0.717) is 30.1 Å². The third kappa shape index (κ3) is 6.94. The summed E-state index contributed by atoms with van der Waals surface area (Å²) in [6.07, 6.45) is 1.48. The normalized spacial score (nSPS) is 26.2. The number of carbonyl (C=O) groups is 3. The molecular formula is C49H56N4O6. The second-order valence-corrected chi connectivity index (χ2v) is 17.8. The lowest BCUT2D eigenvalue weighted by molar-refractivity contribution is -0.277. The van der Waals surface area contributed by atoms with Gasteiger partial charge < -0.3 is 25.4 Å². The van der Waals surface area contributed by atoms with E-state index in [1.54, 1.807) is 12.2 Å². The number of para-hydroxylation sites is 1. The molecule has 4 aromatic carbocycles. The Morgan fingerprint density at radius 1 is 0.966 bits per heavy atom. The first-order valence-corrected chi connectivity index (χ1v) is 20.7. The number of ether oxygens (including phenoxy) is 1. The topological polar surface area (TPSA) is 120 Å². The molecule has 3 aliphatic carbocycles. The minimum atomic E-state index is -0.961. The quantitative estimate of drug-likeness (QED) is 0.118. The molecule has 59 heavy (non-hydrogen) atoms. The maximum absolute atomic E-state index is 14.5. The average Bonchev–Trinajstić information content (AvgIpc) is 3.59. The third-order valence-corrected chi connectivity index (χ3v) is 13.8. The van der Waals surface area contributed by atoms with Gasteiger partial charge in [0.2, 0.25) is 5.91 Å². The van der Waals surface area contributed by atoms with Gasteiger partial charge in [-0.05, 0) is 72.4 Å². The average molecular weight is 797 g/mol. The minimum Gasteiger partial charge on any atom is -0.496 e. The van der Waals surface area contributed by atoms with Crippen LogP contribution in [0.4, 0.5) is 5.69 Å². The minimum absolute atomic E-state index is 0.0584. The molecule has 1 heterocycles. The molecule has 4 aromatic rings. The molecule has 1 saturated heterocycles. The summed E-state index contributed by atoms with van der Waals surface area (Å²) < 4.78 is 6.12. The highest BCUT2D eigenvalue weighted by Crippen LogP contribution is 2.82. The van der Waals surface area contributed by atoms with Gasteiger partial charge in [0, 0.05) is 54.4 Å². The number of ketones is 1. The van der Waals surface area contributed by atoms with Crippen LogP contribution in [0, 0.1) is 29.1 Å². The van der Waals surface area contributed by atoms with Crippen molar-refractivity contribution in [3.63, 3.8) is 0 Å². The van der Waals surface area contributed by atoms with E-state index < -0.39 is 24.7 Å². The van der Waals surface area contributed by atoms with E-state index in [-0.39, 0.29) is 53.0 Å². The van der Waals surface area contributed by atoms with Crippen LogP contribution < -0.4 is 20.3 Å². The van der Waals surface area contributed by atoms with Gasteiger partial charge in [-0.15, -0.1) is 0 Å². The van der Waals surface area contributed by atoms with Crippen molar-refractivity contribution in [3.05, 3.63) is 131 Å². The van der Waals surface area contributed by atoms with Crippen LogP contribution in [0.5, 0.6) is 5.75 Å². The largest absolute Gasteiger partial charge is 0.496 e. The highest BCUT2D eigenvalue weighted by molar-refractivity contribution is 5.97. The Balaban J connectivity index is 1.08. The van der Waals surface area contributed by atoms with E-state index >= 15 is 0 Å². The van der Waals surface area contributed by atoms with E-state index in [4.69, 9.17) is 9.57 Å². The molecule has 3 saturated carbocycles. The van der Waals surface area contributed by atoms with Crippen molar-refractivity contribution >= 4 is 23.3 Å². The lowest BCUT2D eigenvalue weighted by Crippen LogP contribution is -2.91. The summed E-state index contributed by atoms with van der Waals surface area (Å²) in [4.78, 5) is 50.1. The Morgan fingerprint density at radius 3 is 2.19 bits per heavy atom. The van der Waals surface area contributed by atoms with Crippen molar-refractivity contribution in [1.29, 1.82) is 0 Å². The molecule has 8 rings (SSSR count). The molecule has 3 N–H and O–H groups in total. The summed E-state index contributed by atoms with van der Waals surface area (Å²) in [7, 11) is 5.48. The van der Waals surface area contributed by atoms with Gasteiger partial charge >= 0.3 is 0 Å². The lowest BCUT2D eigenvalue weighted by Gasteiger charge is -2.85. The molecule has 4 fully saturated rings. The molecule has 1 aliphatic heterocycles. The molecule has 10 heteroatoms. The molecular weight excluding hydrogens is 741 g/mol. The van der Waals surface area contributed by atoms with Gasteiger partial charge in [-0.2, -0.15) is 5.06 Å². The van der Waals surface area contributed by atoms with E-state index in [1.807, 2.05) is 91.8 Å². The summed E-state index contributed by atoms with van der Waals surface area (Å²) >= 11 is 0. The van der Waals surface area contributed by atoms with Crippen LogP contribution in [-0.4, -0.2) is 79.3 Å². The SMILES string of the molecule is C=C1[C@@H]2C[C@@H]3C(C)(C)[C@H]1C32NC(=O)[C@@H]1[C@H](C(C)=O)[C@H](CO)ON1Cc1cccc(-c2cc(C(=O)NC(Cc3ccccc3)Cc3ccccc3)cc(N(C)C)c2)c1OC. The van der Waals surface area contributed by atoms with E-state index in [1.165, 1.54) is 12.5 Å². The summed E-state index contributed by atoms with van der Waals surface area (Å²) in [6.45, 7) is 10.0. The standard InChI is InChI=1S/C49H56N4O6/c1-29-39-26-41-48(3,4)45(29)49(39,41)51-47(57)43-42(30(2)55)40(28-54)59-53(43)27-33-19-14-20-38(44(33)58-7)34-23-35(25-37(24-34)52(5)6)46(56)50-36(21-31-15-10-8-11-16-31)22-32-17-12-9-13-18-32/h8-20,23-25,36,39-43,45,54H,1,21-22,26-28H2,2-7H3,(H,50,56)(H,51,57)/t39-,40-,41+,42+,43-,45-,49?/m0/s1. The number of carbonyl (C=O) groups excluding carboxylic acids is 3. The molecule has 10 nitrogen and oxygen atoms in total. The van der Waals surface area contributed by atoms with Gasteiger partial charge in [0.1, 0.15) is 23.7 Å². The van der Waals surface area contributed by atoms with Gasteiger partial charge in [-0.3, -0.25) is 19.2 Å². The Labute approximate surface area is 347 Å². The zero-order valence-corrected chi connectivity index (χ0v) is 34.9. The fourth-order valence-corrected chi connectivity index (χ4v) is 11.1. The van der Waals surface area contributed by atoms with Crippen LogP contribution in [0.2, 0.25) is 0 Å². The first-order valence-electron chi connectivity index (χ1n) is 20.7. The molecule has 0 aromatic heterocycles. The summed E-state index contributed by atoms with van der Waals surface area (Å²) in [5.41, 5.74) is 6.80. The first kappa shape index (κ1) is 40.5. The predicted octanol–water partition coefficient (Wildman–Crippen LogP) is 6.41.